The highest BCUT2D eigenvalue weighted by molar-refractivity contribution is 8.18. The normalized spacial score (nSPS) is 27.2. The Balaban J connectivity index is 1.77. The van der Waals surface area contributed by atoms with E-state index in [4.69, 9.17) is 0 Å². The lowest BCUT2D eigenvalue weighted by molar-refractivity contribution is -0.156. The Morgan fingerprint density at radius 3 is 2.32 bits per heavy atom. The largest absolute Gasteiger partial charge is 0.392 e. The van der Waals surface area contributed by atoms with Gasteiger partial charge in [-0.15, -0.1) is 23.5 Å². The number of benzene rings is 2. The highest BCUT2D eigenvalue weighted by atomic mass is 32.2. The van der Waals surface area contributed by atoms with Crippen molar-refractivity contribution in [3.63, 3.8) is 0 Å². The van der Waals surface area contributed by atoms with Gasteiger partial charge in [0.05, 0.1) is 11.2 Å². The molecule has 2 aromatic rings. The molecule has 0 radical (unpaired) electrons. The molecule has 0 aromatic heterocycles. The lowest BCUT2D eigenvalue weighted by atomic mass is 10.0. The number of amides is 2. The number of aliphatic hydroxyl groups is 1. The quantitative estimate of drug-likeness (QED) is 0.834. The van der Waals surface area contributed by atoms with E-state index < -0.39 is 10.2 Å². The van der Waals surface area contributed by atoms with Crippen LogP contribution in [-0.2, 0) is 22.6 Å². The minimum absolute atomic E-state index is 0.00570. The Labute approximate surface area is 173 Å². The van der Waals surface area contributed by atoms with Crippen LogP contribution in [-0.4, -0.2) is 51.1 Å². The first-order chi connectivity index (χ1) is 13.5. The molecule has 3 atom stereocenters. The second-order valence-corrected chi connectivity index (χ2v) is 9.97. The van der Waals surface area contributed by atoms with Crippen molar-refractivity contribution in [3.05, 3.63) is 71.3 Å². The topological polar surface area (TPSA) is 60.9 Å². The van der Waals surface area contributed by atoms with E-state index in [1.165, 1.54) is 11.8 Å². The number of aliphatic hydroxyl groups excluding tert-OH is 1. The van der Waals surface area contributed by atoms with Crippen LogP contribution in [0.1, 0.15) is 21.3 Å². The summed E-state index contributed by atoms with van der Waals surface area (Å²) >= 11 is 3.05. The van der Waals surface area contributed by atoms with Crippen LogP contribution < -0.4 is 0 Å². The zero-order valence-corrected chi connectivity index (χ0v) is 17.4. The van der Waals surface area contributed by atoms with Gasteiger partial charge in [-0.2, -0.15) is 0 Å². The molecule has 146 valence electrons. The molecule has 2 unspecified atom stereocenters. The van der Waals surface area contributed by atoms with Crippen molar-refractivity contribution in [1.82, 2.24) is 9.80 Å². The van der Waals surface area contributed by atoms with Crippen molar-refractivity contribution in [3.8, 4) is 0 Å². The van der Waals surface area contributed by atoms with Gasteiger partial charge in [-0.05, 0) is 16.7 Å². The van der Waals surface area contributed by atoms with E-state index in [0.29, 0.717) is 6.42 Å². The molecule has 3 fully saturated rings. The Morgan fingerprint density at radius 1 is 1.00 bits per heavy atom. The lowest BCUT2D eigenvalue weighted by Crippen LogP contribution is -2.67. The molecule has 3 aliphatic rings. The van der Waals surface area contributed by atoms with Crippen LogP contribution in [0, 0.1) is 0 Å². The monoisotopic (exact) mass is 414 g/mol. The summed E-state index contributed by atoms with van der Waals surface area (Å²) in [5.41, 5.74) is 2.91. The summed E-state index contributed by atoms with van der Waals surface area (Å²) in [5, 5.41) is 8.78. The number of rotatable bonds is 4. The molecule has 0 spiro atoms. The first-order valence-electron chi connectivity index (χ1n) is 9.08. The van der Waals surface area contributed by atoms with Crippen molar-refractivity contribution in [1.29, 1.82) is 0 Å². The number of carbonyl (C=O) groups excluding carboxylic acids is 2. The van der Waals surface area contributed by atoms with Crippen LogP contribution in [0.3, 0.4) is 0 Å². The summed E-state index contributed by atoms with van der Waals surface area (Å²) in [6.45, 7) is -0.00570. The number of thioether (sulfide) groups is 2. The van der Waals surface area contributed by atoms with E-state index in [-0.39, 0.29) is 23.0 Å². The molecule has 1 N–H and O–H groups in total. The first kappa shape index (κ1) is 19.4. The van der Waals surface area contributed by atoms with Crippen LogP contribution in [0.4, 0.5) is 0 Å². The zero-order valence-electron chi connectivity index (χ0n) is 15.7. The Morgan fingerprint density at radius 2 is 1.68 bits per heavy atom. The van der Waals surface area contributed by atoms with E-state index >= 15 is 0 Å². The number of likely N-dealkylation sites (N-methyl/N-ethyl adjacent to an activating group) is 2. The standard InChI is InChI=1S/C21H22N2O3S2/c1-22-18-17(25)23(2)21(20(22)26,12-14-6-4-3-5-7-14)28-19(27-18)16-10-8-15(13-24)9-11-16/h3-11,18-19,24H,12-13H2,1-2H3/t18?,19?,21-/m0/s1. The third kappa shape index (κ3) is 3.11. The van der Waals surface area contributed by atoms with Gasteiger partial charge in [0.15, 0.2) is 10.2 Å². The minimum Gasteiger partial charge on any atom is -0.392 e. The number of hydrogen-bond acceptors (Lipinski definition) is 5. The van der Waals surface area contributed by atoms with Crippen LogP contribution in [0.2, 0.25) is 0 Å². The van der Waals surface area contributed by atoms with Crippen molar-refractivity contribution in [2.24, 2.45) is 0 Å². The van der Waals surface area contributed by atoms with Crippen LogP contribution >= 0.6 is 23.5 Å². The van der Waals surface area contributed by atoms with Gasteiger partial charge in [-0.3, -0.25) is 9.59 Å². The highest BCUT2D eigenvalue weighted by Gasteiger charge is 2.59. The average Bonchev–Trinajstić information content (AvgIpc) is 2.91. The fourth-order valence-electron chi connectivity index (χ4n) is 3.67. The van der Waals surface area contributed by atoms with Gasteiger partial charge < -0.3 is 14.9 Å². The molecule has 28 heavy (non-hydrogen) atoms. The van der Waals surface area contributed by atoms with Gasteiger partial charge in [0.1, 0.15) is 0 Å². The molecule has 7 heteroatoms. The summed E-state index contributed by atoms with van der Waals surface area (Å²) in [5.74, 6) is -0.0690. The molecule has 0 saturated carbocycles. The second-order valence-electron chi connectivity index (χ2n) is 7.10. The summed E-state index contributed by atoms with van der Waals surface area (Å²) in [4.78, 5) is 28.8. The van der Waals surface area contributed by atoms with Gasteiger partial charge >= 0.3 is 0 Å². The Bertz CT molecular complexity index is 890. The van der Waals surface area contributed by atoms with Gasteiger partial charge in [-0.1, -0.05) is 54.6 Å². The molecule has 5 nitrogen and oxygen atoms in total. The number of nitrogens with zero attached hydrogens (tertiary/aromatic N) is 2. The van der Waals surface area contributed by atoms with Crippen molar-refractivity contribution in [2.75, 3.05) is 14.1 Å². The highest BCUT2D eigenvalue weighted by Crippen LogP contribution is 2.57. The molecule has 3 aliphatic heterocycles. The minimum atomic E-state index is -0.979. The smallest absolute Gasteiger partial charge is 0.260 e. The van der Waals surface area contributed by atoms with Crippen molar-refractivity contribution >= 4 is 35.3 Å². The van der Waals surface area contributed by atoms with E-state index in [9.17, 15) is 14.7 Å². The average molecular weight is 415 g/mol. The predicted molar refractivity (Wildman–Crippen MR) is 112 cm³/mol. The Kier molecular flexibility index (Phi) is 5.16. The molecule has 3 saturated heterocycles. The zero-order chi connectivity index (χ0) is 19.9. The lowest BCUT2D eigenvalue weighted by Gasteiger charge is -2.46. The maximum absolute atomic E-state index is 13.4. The number of fused-ring (bicyclic) bond motifs is 4. The van der Waals surface area contributed by atoms with Crippen molar-refractivity contribution < 1.29 is 14.7 Å². The van der Waals surface area contributed by atoms with Crippen molar-refractivity contribution in [2.45, 2.75) is 27.9 Å². The number of piperazine rings is 1. The molecule has 2 aromatic carbocycles. The van der Waals surface area contributed by atoms with E-state index in [2.05, 4.69) is 0 Å². The number of hydrogen-bond donors (Lipinski definition) is 1. The fraction of sp³-hybridized carbons (Fsp3) is 0.333. The number of carbonyl (C=O) groups is 2. The molecule has 5 rings (SSSR count). The molecule has 2 amide bonds. The molecular formula is C21H22N2O3S2. The van der Waals surface area contributed by atoms with E-state index in [1.807, 2.05) is 54.6 Å². The SMILES string of the molecule is CN1C(=O)[C@]2(Cc3ccccc3)SC(c3ccc(CO)cc3)SC1C(=O)N2C. The van der Waals surface area contributed by atoms with Gasteiger partial charge in [0.25, 0.3) is 11.8 Å². The van der Waals surface area contributed by atoms with E-state index in [1.54, 1.807) is 35.7 Å². The fourth-order valence-corrected chi connectivity index (χ4v) is 7.18. The second kappa shape index (κ2) is 7.46. The van der Waals surface area contributed by atoms with Crippen LogP contribution in [0.15, 0.2) is 54.6 Å². The maximum atomic E-state index is 13.4. The summed E-state index contributed by atoms with van der Waals surface area (Å²) in [7, 11) is 3.47. The van der Waals surface area contributed by atoms with E-state index in [0.717, 1.165) is 16.7 Å². The molecule has 2 bridgehead atoms. The third-order valence-corrected chi connectivity index (χ3v) is 8.75. The molecule has 0 aliphatic carbocycles. The van der Waals surface area contributed by atoms with Crippen LogP contribution in [0.5, 0.6) is 0 Å². The molecule has 3 heterocycles. The molecular weight excluding hydrogens is 392 g/mol. The predicted octanol–water partition coefficient (Wildman–Crippen LogP) is 2.85. The summed E-state index contributed by atoms with van der Waals surface area (Å²) in [6, 6.07) is 17.6. The maximum Gasteiger partial charge on any atom is 0.260 e. The van der Waals surface area contributed by atoms with Gasteiger partial charge in [0, 0.05) is 20.5 Å². The summed E-state index contributed by atoms with van der Waals surface area (Å²) in [6.07, 6.45) is 0.461. The third-order valence-electron chi connectivity index (χ3n) is 5.37. The Hall–Kier alpha value is -1.96. The van der Waals surface area contributed by atoms with Gasteiger partial charge in [-0.25, -0.2) is 0 Å². The first-order valence-corrected chi connectivity index (χ1v) is 10.9. The van der Waals surface area contributed by atoms with Gasteiger partial charge in [0.2, 0.25) is 0 Å². The van der Waals surface area contributed by atoms with Crippen LogP contribution in [0.25, 0.3) is 0 Å². The summed E-state index contributed by atoms with van der Waals surface area (Å²) < 4.78 is -0.0655.